The van der Waals surface area contributed by atoms with E-state index in [4.69, 9.17) is 0 Å². The van der Waals surface area contributed by atoms with Gasteiger partial charge >= 0.3 is 0 Å². The van der Waals surface area contributed by atoms with Gasteiger partial charge in [-0.05, 0) is 31.2 Å². The van der Waals surface area contributed by atoms with Crippen molar-refractivity contribution < 1.29 is 9.72 Å². The van der Waals surface area contributed by atoms with Crippen molar-refractivity contribution in [2.45, 2.75) is 13.8 Å². The lowest BCUT2D eigenvalue weighted by Crippen LogP contribution is -1.95. The molecule has 0 amide bonds. The van der Waals surface area contributed by atoms with Gasteiger partial charge in [0.05, 0.1) is 10.6 Å². The second-order valence-electron chi connectivity index (χ2n) is 2.69. The fourth-order valence-electron chi connectivity index (χ4n) is 0.616. The molecule has 0 aromatic carbocycles. The van der Waals surface area contributed by atoms with Gasteiger partial charge in [-0.15, -0.1) is 4.91 Å². The molecule has 0 aromatic heterocycles. The molecule has 0 bridgehead atoms. The highest BCUT2D eigenvalue weighted by molar-refractivity contribution is 5.87. The first kappa shape index (κ1) is 12.9. The highest BCUT2D eigenvalue weighted by Crippen LogP contribution is 2.02. The van der Waals surface area contributed by atoms with Crippen molar-refractivity contribution in [3.63, 3.8) is 0 Å². The molecule has 0 aromatic rings. The van der Waals surface area contributed by atoms with E-state index in [0.29, 0.717) is 0 Å². The number of rotatable bonds is 5. The Bertz CT molecular complexity index is 366. The Balaban J connectivity index is 4.90. The van der Waals surface area contributed by atoms with Crippen LogP contribution in [0.2, 0.25) is 0 Å². The third-order valence-corrected chi connectivity index (χ3v) is 1.34. The number of hydrogen-bond donors (Lipinski definition) is 0. The van der Waals surface area contributed by atoms with E-state index in [1.54, 1.807) is 0 Å². The molecule has 80 valence electrons. The minimum Gasteiger partial charge on any atom is -0.295 e. The van der Waals surface area contributed by atoms with Crippen LogP contribution >= 0.6 is 0 Å². The van der Waals surface area contributed by atoms with Gasteiger partial charge in [0, 0.05) is 12.2 Å². The Morgan fingerprint density at radius 2 is 1.87 bits per heavy atom. The molecule has 6 nitrogen and oxygen atoms in total. The molecule has 0 aliphatic carbocycles. The van der Waals surface area contributed by atoms with E-state index in [1.807, 2.05) is 0 Å². The molecule has 0 heterocycles. The molecule has 0 spiro atoms. The van der Waals surface area contributed by atoms with Crippen molar-refractivity contribution >= 4 is 5.78 Å². The van der Waals surface area contributed by atoms with Crippen LogP contribution in [0.4, 0.5) is 0 Å². The van der Waals surface area contributed by atoms with E-state index in [1.165, 1.54) is 19.9 Å². The maximum Gasteiger partial charge on any atom is 0.269 e. The Hall–Kier alpha value is -2.11. The molecule has 0 aliphatic heterocycles. The Morgan fingerprint density at radius 3 is 2.27 bits per heavy atom. The van der Waals surface area contributed by atoms with E-state index in [2.05, 4.69) is 5.18 Å². The van der Waals surface area contributed by atoms with Crippen LogP contribution < -0.4 is 0 Å². The lowest BCUT2D eigenvalue weighted by Gasteiger charge is -1.88. The molecule has 0 saturated heterocycles. The summed E-state index contributed by atoms with van der Waals surface area (Å²) >= 11 is 0. The lowest BCUT2D eigenvalue weighted by molar-refractivity contribution is -0.419. The molecule has 0 N–H and O–H groups in total. The predicted octanol–water partition coefficient (Wildman–Crippen LogP) is 1.96. The summed E-state index contributed by atoms with van der Waals surface area (Å²) in [6, 6.07) is 0. The van der Waals surface area contributed by atoms with Gasteiger partial charge in [-0.25, -0.2) is 0 Å². The standard InChI is InChI=1S/C9H10N2O4/c1-7(10-13)3-5-9(11(14)15)6-4-8(2)12/h3-6H,1-2H3/b6-4+,7-3+,9-5+. The summed E-state index contributed by atoms with van der Waals surface area (Å²) in [4.78, 5) is 30.3. The summed E-state index contributed by atoms with van der Waals surface area (Å²) in [6.07, 6.45) is 4.45. The fourth-order valence-corrected chi connectivity index (χ4v) is 0.616. The molecule has 15 heavy (non-hydrogen) atoms. The zero-order valence-electron chi connectivity index (χ0n) is 8.34. The molecule has 0 rings (SSSR count). The SMILES string of the molecule is CC(=O)/C=C/C(=C\C=C(/C)N=O)[N+](=O)[O-]. The van der Waals surface area contributed by atoms with E-state index >= 15 is 0 Å². The summed E-state index contributed by atoms with van der Waals surface area (Å²) in [6.45, 7) is 2.69. The van der Waals surface area contributed by atoms with Crippen LogP contribution in [0.15, 0.2) is 40.9 Å². The van der Waals surface area contributed by atoms with Crippen LogP contribution in [0.3, 0.4) is 0 Å². The van der Waals surface area contributed by atoms with Gasteiger partial charge in [0.2, 0.25) is 0 Å². The molecule has 0 unspecified atom stereocenters. The van der Waals surface area contributed by atoms with Crippen LogP contribution in [0.1, 0.15) is 13.8 Å². The van der Waals surface area contributed by atoms with Gasteiger partial charge in [-0.2, -0.15) is 0 Å². The van der Waals surface area contributed by atoms with Gasteiger partial charge < -0.3 is 0 Å². The molecule has 0 fully saturated rings. The summed E-state index contributed by atoms with van der Waals surface area (Å²) in [7, 11) is 0. The maximum atomic E-state index is 10.5. The van der Waals surface area contributed by atoms with Crippen LogP contribution in [0.25, 0.3) is 0 Å². The smallest absolute Gasteiger partial charge is 0.269 e. The van der Waals surface area contributed by atoms with Gasteiger partial charge in [-0.3, -0.25) is 14.9 Å². The van der Waals surface area contributed by atoms with Crippen LogP contribution in [-0.2, 0) is 4.79 Å². The van der Waals surface area contributed by atoms with E-state index in [9.17, 15) is 19.8 Å². The molecule has 0 aliphatic rings. The first-order valence-corrected chi connectivity index (χ1v) is 4.02. The number of carbonyl (C=O) groups is 1. The number of nitro groups is 1. The number of nitroso groups, excluding NO2 is 1. The average molecular weight is 210 g/mol. The largest absolute Gasteiger partial charge is 0.295 e. The fraction of sp³-hybridized carbons (Fsp3) is 0.222. The van der Waals surface area contributed by atoms with Crippen molar-refractivity contribution in [1.82, 2.24) is 0 Å². The molecule has 6 heteroatoms. The van der Waals surface area contributed by atoms with E-state index in [0.717, 1.165) is 18.2 Å². The summed E-state index contributed by atoms with van der Waals surface area (Å²) in [5.74, 6) is -0.294. The van der Waals surface area contributed by atoms with Crippen LogP contribution in [0.5, 0.6) is 0 Å². The van der Waals surface area contributed by atoms with E-state index in [-0.39, 0.29) is 17.2 Å². The topological polar surface area (TPSA) is 89.6 Å². The van der Waals surface area contributed by atoms with E-state index < -0.39 is 4.92 Å². The Morgan fingerprint density at radius 1 is 1.27 bits per heavy atom. The summed E-state index contributed by atoms with van der Waals surface area (Å²) in [5.41, 5.74) is -0.168. The number of ketones is 1. The quantitative estimate of drug-likeness (QED) is 0.228. The minimum atomic E-state index is -0.659. The zero-order chi connectivity index (χ0) is 11.8. The highest BCUT2D eigenvalue weighted by atomic mass is 16.6. The van der Waals surface area contributed by atoms with Crippen molar-refractivity contribution in [1.29, 1.82) is 0 Å². The van der Waals surface area contributed by atoms with Crippen molar-refractivity contribution in [2.24, 2.45) is 5.18 Å². The summed E-state index contributed by atoms with van der Waals surface area (Å²) < 4.78 is 0. The second-order valence-corrected chi connectivity index (χ2v) is 2.69. The third kappa shape index (κ3) is 6.03. The van der Waals surface area contributed by atoms with Gasteiger partial charge in [-0.1, -0.05) is 0 Å². The summed E-state index contributed by atoms with van der Waals surface area (Å²) in [5, 5.41) is 13.0. The third-order valence-electron chi connectivity index (χ3n) is 1.34. The number of hydrogen-bond acceptors (Lipinski definition) is 5. The highest BCUT2D eigenvalue weighted by Gasteiger charge is 2.04. The number of allylic oxidation sites excluding steroid dienone is 5. The Kier molecular flexibility index (Phi) is 5.47. The second kappa shape index (κ2) is 6.36. The molecular weight excluding hydrogens is 200 g/mol. The molecule has 0 saturated carbocycles. The van der Waals surface area contributed by atoms with Crippen molar-refractivity contribution in [2.75, 3.05) is 0 Å². The lowest BCUT2D eigenvalue weighted by atomic mass is 10.3. The van der Waals surface area contributed by atoms with Crippen LogP contribution in [-0.4, -0.2) is 10.7 Å². The molecule has 0 atom stereocenters. The minimum absolute atomic E-state index is 0.116. The van der Waals surface area contributed by atoms with Crippen molar-refractivity contribution in [3.8, 4) is 0 Å². The number of carbonyl (C=O) groups excluding carboxylic acids is 1. The zero-order valence-corrected chi connectivity index (χ0v) is 8.34. The Labute approximate surface area is 86.1 Å². The first-order chi connectivity index (χ1) is 6.97. The van der Waals surface area contributed by atoms with Gasteiger partial charge in [0.15, 0.2) is 5.78 Å². The van der Waals surface area contributed by atoms with Crippen molar-refractivity contribution in [3.05, 3.63) is 50.7 Å². The molecular formula is C9H10N2O4. The van der Waals surface area contributed by atoms with Gasteiger partial charge in [0.1, 0.15) is 0 Å². The normalized spacial score (nSPS) is 12.9. The molecule has 0 radical (unpaired) electrons. The predicted molar refractivity (Wildman–Crippen MR) is 54.5 cm³/mol. The number of nitrogens with zero attached hydrogens (tertiary/aromatic N) is 2. The monoisotopic (exact) mass is 210 g/mol. The first-order valence-electron chi connectivity index (χ1n) is 4.02. The van der Waals surface area contributed by atoms with Gasteiger partial charge in [0.25, 0.3) is 5.70 Å². The maximum absolute atomic E-state index is 10.5. The van der Waals surface area contributed by atoms with Crippen LogP contribution in [0, 0.1) is 15.0 Å². The average Bonchev–Trinajstić information content (AvgIpc) is 2.16.